The van der Waals surface area contributed by atoms with Gasteiger partial charge in [0.2, 0.25) is 0 Å². The number of aryl methyl sites for hydroxylation is 1. The summed E-state index contributed by atoms with van der Waals surface area (Å²) in [6.07, 6.45) is 1.66. The number of aromatic amines is 1. The van der Waals surface area contributed by atoms with E-state index in [1.165, 1.54) is 0 Å². The molecule has 6 heteroatoms. The molecule has 0 fully saturated rings. The topological polar surface area (TPSA) is 82.2 Å². The van der Waals surface area contributed by atoms with Crippen LogP contribution in [0.25, 0.3) is 11.6 Å². The summed E-state index contributed by atoms with van der Waals surface area (Å²) in [5.74, 6) is -1.22. The van der Waals surface area contributed by atoms with E-state index < -0.39 is 5.97 Å². The number of fused-ring (bicyclic) bond motifs is 1. The first-order valence-electron chi connectivity index (χ1n) is 6.21. The standard InChI is InChI=1S/C15H11BrN2O3/c1-7-4-9(17-13(7)15(20)21)6-11-10-5-8(16)2-3-12(10)18-14(11)19/h2-6,17H,1H3,(H,18,19)(H,20,21)/b11-6-. The summed E-state index contributed by atoms with van der Waals surface area (Å²) in [6.45, 7) is 1.71. The summed E-state index contributed by atoms with van der Waals surface area (Å²) in [7, 11) is 0. The van der Waals surface area contributed by atoms with E-state index in [-0.39, 0.29) is 11.6 Å². The number of rotatable bonds is 2. The van der Waals surface area contributed by atoms with Gasteiger partial charge in [-0.2, -0.15) is 0 Å². The highest BCUT2D eigenvalue weighted by Gasteiger charge is 2.24. The quantitative estimate of drug-likeness (QED) is 0.729. The molecule has 1 aliphatic heterocycles. The summed E-state index contributed by atoms with van der Waals surface area (Å²) >= 11 is 3.38. The van der Waals surface area contributed by atoms with Crippen molar-refractivity contribution in [3.63, 3.8) is 0 Å². The van der Waals surface area contributed by atoms with Gasteiger partial charge in [0, 0.05) is 21.4 Å². The molecule has 21 heavy (non-hydrogen) atoms. The van der Waals surface area contributed by atoms with Crippen LogP contribution in [0.2, 0.25) is 0 Å². The van der Waals surface area contributed by atoms with Gasteiger partial charge in [-0.15, -0.1) is 0 Å². The molecule has 2 heterocycles. The zero-order valence-electron chi connectivity index (χ0n) is 11.0. The zero-order valence-corrected chi connectivity index (χ0v) is 12.6. The lowest BCUT2D eigenvalue weighted by Crippen LogP contribution is -2.03. The third-order valence-electron chi connectivity index (χ3n) is 3.31. The average molecular weight is 347 g/mol. The molecule has 0 saturated carbocycles. The number of carboxylic acids is 1. The molecule has 5 nitrogen and oxygen atoms in total. The van der Waals surface area contributed by atoms with E-state index >= 15 is 0 Å². The van der Waals surface area contributed by atoms with Crippen molar-refractivity contribution >= 4 is 45.1 Å². The van der Waals surface area contributed by atoms with Gasteiger partial charge < -0.3 is 15.4 Å². The Balaban J connectivity index is 2.08. The van der Waals surface area contributed by atoms with Crippen LogP contribution in [-0.2, 0) is 4.79 Å². The summed E-state index contributed by atoms with van der Waals surface area (Å²) in [6, 6.07) is 7.23. The van der Waals surface area contributed by atoms with Crippen molar-refractivity contribution in [2.75, 3.05) is 5.32 Å². The largest absolute Gasteiger partial charge is 0.477 e. The van der Waals surface area contributed by atoms with Crippen molar-refractivity contribution in [2.45, 2.75) is 6.92 Å². The van der Waals surface area contributed by atoms with Crippen LogP contribution in [-0.4, -0.2) is 22.0 Å². The van der Waals surface area contributed by atoms with Gasteiger partial charge in [-0.1, -0.05) is 15.9 Å². The molecule has 0 unspecified atom stereocenters. The maximum absolute atomic E-state index is 12.0. The number of amides is 1. The van der Waals surface area contributed by atoms with Crippen molar-refractivity contribution in [1.29, 1.82) is 0 Å². The van der Waals surface area contributed by atoms with Crippen molar-refractivity contribution in [3.8, 4) is 0 Å². The number of carbonyl (C=O) groups is 2. The molecule has 3 rings (SSSR count). The number of nitrogens with one attached hydrogen (secondary N) is 2. The summed E-state index contributed by atoms with van der Waals surface area (Å²) in [4.78, 5) is 25.9. The molecular weight excluding hydrogens is 336 g/mol. The Morgan fingerprint density at radius 2 is 2.10 bits per heavy atom. The van der Waals surface area contributed by atoms with Gasteiger partial charge in [0.05, 0.1) is 5.57 Å². The first kappa shape index (κ1) is 13.6. The van der Waals surface area contributed by atoms with Crippen molar-refractivity contribution < 1.29 is 14.7 Å². The molecule has 2 aromatic rings. The SMILES string of the molecule is Cc1cc(/C=C2\C(=O)Nc3ccc(Br)cc32)[nH]c1C(=O)O. The van der Waals surface area contributed by atoms with Crippen LogP contribution in [0.5, 0.6) is 0 Å². The summed E-state index contributed by atoms with van der Waals surface area (Å²) < 4.78 is 0.873. The van der Waals surface area contributed by atoms with E-state index in [1.807, 2.05) is 18.2 Å². The maximum Gasteiger partial charge on any atom is 0.352 e. The highest BCUT2D eigenvalue weighted by molar-refractivity contribution is 9.10. The Bertz CT molecular complexity index is 805. The van der Waals surface area contributed by atoms with E-state index in [4.69, 9.17) is 5.11 Å². The van der Waals surface area contributed by atoms with E-state index in [2.05, 4.69) is 26.2 Å². The van der Waals surface area contributed by atoms with Crippen LogP contribution < -0.4 is 5.32 Å². The lowest BCUT2D eigenvalue weighted by molar-refractivity contribution is -0.110. The average Bonchev–Trinajstić information content (AvgIpc) is 2.92. The van der Waals surface area contributed by atoms with Crippen LogP contribution >= 0.6 is 15.9 Å². The molecule has 1 aromatic heterocycles. The van der Waals surface area contributed by atoms with Gasteiger partial charge in [0.25, 0.3) is 5.91 Å². The molecule has 0 spiro atoms. The minimum absolute atomic E-state index is 0.134. The highest BCUT2D eigenvalue weighted by atomic mass is 79.9. The van der Waals surface area contributed by atoms with E-state index in [1.54, 1.807) is 19.1 Å². The Labute approximate surface area is 128 Å². The van der Waals surface area contributed by atoms with Gasteiger partial charge in [0.15, 0.2) is 0 Å². The van der Waals surface area contributed by atoms with Gasteiger partial charge in [-0.25, -0.2) is 4.79 Å². The molecule has 0 bridgehead atoms. The molecule has 106 valence electrons. The fourth-order valence-corrected chi connectivity index (χ4v) is 2.70. The number of aromatic carboxylic acids is 1. The number of carbonyl (C=O) groups excluding carboxylic acids is 1. The number of aromatic nitrogens is 1. The van der Waals surface area contributed by atoms with Gasteiger partial charge >= 0.3 is 5.97 Å². The lowest BCUT2D eigenvalue weighted by Gasteiger charge is -1.98. The molecular formula is C15H11BrN2O3. The van der Waals surface area contributed by atoms with Crippen LogP contribution in [0.15, 0.2) is 28.7 Å². The Morgan fingerprint density at radius 1 is 1.33 bits per heavy atom. The van der Waals surface area contributed by atoms with E-state index in [0.717, 1.165) is 15.7 Å². The number of hydrogen-bond acceptors (Lipinski definition) is 2. The maximum atomic E-state index is 12.0. The van der Waals surface area contributed by atoms with Gasteiger partial charge in [0.1, 0.15) is 5.69 Å². The van der Waals surface area contributed by atoms with Crippen molar-refractivity contribution in [1.82, 2.24) is 4.98 Å². The minimum Gasteiger partial charge on any atom is -0.477 e. The van der Waals surface area contributed by atoms with E-state index in [0.29, 0.717) is 16.8 Å². The third kappa shape index (κ3) is 2.38. The first-order chi connectivity index (χ1) is 9.95. The number of hydrogen-bond donors (Lipinski definition) is 3. The van der Waals surface area contributed by atoms with Crippen LogP contribution in [0, 0.1) is 6.92 Å². The van der Waals surface area contributed by atoms with Crippen LogP contribution in [0.4, 0.5) is 5.69 Å². The summed E-state index contributed by atoms with van der Waals surface area (Å²) in [5, 5.41) is 11.8. The van der Waals surface area contributed by atoms with Crippen LogP contribution in [0.3, 0.4) is 0 Å². The molecule has 0 aliphatic carbocycles. The predicted molar refractivity (Wildman–Crippen MR) is 83.1 cm³/mol. The number of carboxylic acid groups (broad SMARTS) is 1. The molecule has 0 atom stereocenters. The molecule has 1 aromatic carbocycles. The third-order valence-corrected chi connectivity index (χ3v) is 3.81. The second kappa shape index (κ2) is 4.89. The Kier molecular flexibility index (Phi) is 3.17. The summed E-state index contributed by atoms with van der Waals surface area (Å²) in [5.41, 5.74) is 3.39. The fraction of sp³-hybridized carbons (Fsp3) is 0.0667. The Hall–Kier alpha value is -2.34. The number of benzene rings is 1. The predicted octanol–water partition coefficient (Wildman–Crippen LogP) is 3.28. The normalized spacial score (nSPS) is 15.1. The second-order valence-corrected chi connectivity index (χ2v) is 5.71. The molecule has 0 radical (unpaired) electrons. The highest BCUT2D eigenvalue weighted by Crippen LogP contribution is 2.35. The second-order valence-electron chi connectivity index (χ2n) is 4.79. The number of halogens is 1. The van der Waals surface area contributed by atoms with Crippen LogP contribution in [0.1, 0.15) is 27.3 Å². The minimum atomic E-state index is -1.02. The van der Waals surface area contributed by atoms with Crippen molar-refractivity contribution in [2.24, 2.45) is 0 Å². The monoisotopic (exact) mass is 346 g/mol. The fourth-order valence-electron chi connectivity index (χ4n) is 2.34. The molecule has 1 amide bonds. The van der Waals surface area contributed by atoms with Gasteiger partial charge in [-0.3, -0.25) is 4.79 Å². The van der Waals surface area contributed by atoms with Crippen molar-refractivity contribution in [3.05, 3.63) is 51.3 Å². The molecule has 1 aliphatic rings. The molecule has 0 saturated heterocycles. The Morgan fingerprint density at radius 3 is 2.76 bits per heavy atom. The van der Waals surface area contributed by atoms with Gasteiger partial charge in [-0.05, 0) is 42.8 Å². The number of H-pyrrole nitrogens is 1. The molecule has 3 N–H and O–H groups in total. The van der Waals surface area contributed by atoms with E-state index in [9.17, 15) is 9.59 Å². The first-order valence-corrected chi connectivity index (χ1v) is 7.01. The smallest absolute Gasteiger partial charge is 0.352 e. The zero-order chi connectivity index (χ0) is 15.1. The number of anilines is 1. The lowest BCUT2D eigenvalue weighted by atomic mass is 10.1.